The molecule has 2 aromatic rings. The Bertz CT molecular complexity index is 681. The summed E-state index contributed by atoms with van der Waals surface area (Å²) in [5, 5.41) is 14.8. The Balaban J connectivity index is 0.00000225. The Morgan fingerprint density at radius 1 is 1.32 bits per heavy atom. The quantitative estimate of drug-likeness (QED) is 0.410. The number of hydrogen-bond donors (Lipinski definition) is 2. The Morgan fingerprint density at radius 2 is 2.12 bits per heavy atom. The van der Waals surface area contributed by atoms with E-state index in [-0.39, 0.29) is 29.6 Å². The lowest BCUT2D eigenvalue weighted by Crippen LogP contribution is -2.45. The van der Waals surface area contributed by atoms with Gasteiger partial charge in [-0.25, -0.2) is 0 Å². The number of halogens is 1. The van der Waals surface area contributed by atoms with Crippen LogP contribution in [0.15, 0.2) is 41.7 Å². The first-order valence-electron chi connectivity index (χ1n) is 8.23. The van der Waals surface area contributed by atoms with Crippen LogP contribution in [0.2, 0.25) is 0 Å². The Kier molecular flexibility index (Phi) is 7.18. The number of nitrogens with one attached hydrogen (secondary N) is 2. The number of hydrogen-bond acceptors (Lipinski definition) is 4. The van der Waals surface area contributed by atoms with Gasteiger partial charge in [-0.15, -0.1) is 34.2 Å². The second-order valence-corrected chi connectivity index (χ2v) is 6.13. The third kappa shape index (κ3) is 5.15. The lowest BCUT2D eigenvalue weighted by atomic mass is 10.0. The minimum Gasteiger partial charge on any atom is -0.373 e. The second-order valence-electron chi connectivity index (χ2n) is 6.13. The van der Waals surface area contributed by atoms with Gasteiger partial charge in [0.25, 0.3) is 0 Å². The molecule has 1 saturated heterocycles. The number of rotatable bonds is 5. The van der Waals surface area contributed by atoms with Crippen molar-refractivity contribution in [3.05, 3.63) is 42.5 Å². The van der Waals surface area contributed by atoms with Gasteiger partial charge in [-0.2, -0.15) is 0 Å². The zero-order valence-electron chi connectivity index (χ0n) is 14.6. The number of guanidine groups is 1. The van der Waals surface area contributed by atoms with E-state index in [9.17, 15) is 0 Å². The molecule has 136 valence electrons. The first-order valence-corrected chi connectivity index (χ1v) is 8.23. The van der Waals surface area contributed by atoms with Gasteiger partial charge in [0.2, 0.25) is 0 Å². The highest BCUT2D eigenvalue weighted by molar-refractivity contribution is 14.0. The van der Waals surface area contributed by atoms with Crippen LogP contribution >= 0.6 is 24.0 Å². The highest BCUT2D eigenvalue weighted by Gasteiger charge is 2.29. The van der Waals surface area contributed by atoms with Crippen LogP contribution in [0, 0.1) is 0 Å². The van der Waals surface area contributed by atoms with E-state index < -0.39 is 0 Å². The number of benzene rings is 1. The maximum absolute atomic E-state index is 5.79. The molecule has 25 heavy (non-hydrogen) atoms. The number of para-hydroxylation sites is 1. The number of aliphatic imine (C=N–C) groups is 1. The molecule has 7 nitrogen and oxygen atoms in total. The van der Waals surface area contributed by atoms with Gasteiger partial charge in [0.15, 0.2) is 11.8 Å². The molecule has 0 spiro atoms. The van der Waals surface area contributed by atoms with Crippen molar-refractivity contribution in [2.45, 2.75) is 31.9 Å². The molecule has 8 heteroatoms. The van der Waals surface area contributed by atoms with Crippen molar-refractivity contribution in [1.29, 1.82) is 0 Å². The lowest BCUT2D eigenvalue weighted by molar-refractivity contribution is 0.0243. The van der Waals surface area contributed by atoms with E-state index >= 15 is 0 Å². The standard InChI is InChI=1S/C17H24N6O.HI/c1-17(9-6-10-24-17)12-20-16(18-2)19-11-15-22-21-13-23(15)14-7-4-3-5-8-14;/h3-5,7-8,13H,6,9-12H2,1-2H3,(H2,18,19,20);1H. The predicted molar refractivity (Wildman–Crippen MR) is 109 cm³/mol. The zero-order valence-corrected chi connectivity index (χ0v) is 16.9. The molecule has 0 amide bonds. The molecule has 1 unspecified atom stereocenters. The normalized spacial score (nSPS) is 20.2. The van der Waals surface area contributed by atoms with Gasteiger partial charge in [-0.1, -0.05) is 18.2 Å². The number of nitrogens with zero attached hydrogens (tertiary/aromatic N) is 4. The van der Waals surface area contributed by atoms with Crippen molar-refractivity contribution >= 4 is 29.9 Å². The summed E-state index contributed by atoms with van der Waals surface area (Å²) in [5.41, 5.74) is 0.927. The first kappa shape index (κ1) is 19.6. The average molecular weight is 456 g/mol. The van der Waals surface area contributed by atoms with Crippen LogP contribution in [0.3, 0.4) is 0 Å². The van der Waals surface area contributed by atoms with E-state index in [1.165, 1.54) is 0 Å². The zero-order chi connectivity index (χ0) is 16.8. The topological polar surface area (TPSA) is 76.4 Å². The van der Waals surface area contributed by atoms with Gasteiger partial charge < -0.3 is 15.4 Å². The first-order chi connectivity index (χ1) is 11.7. The van der Waals surface area contributed by atoms with Crippen LogP contribution in [0.25, 0.3) is 5.69 Å². The van der Waals surface area contributed by atoms with Gasteiger partial charge in [-0.3, -0.25) is 9.56 Å². The summed E-state index contributed by atoms with van der Waals surface area (Å²) >= 11 is 0. The molecule has 1 aliphatic rings. The fourth-order valence-electron chi connectivity index (χ4n) is 2.81. The van der Waals surface area contributed by atoms with Gasteiger partial charge >= 0.3 is 0 Å². The van der Waals surface area contributed by atoms with Gasteiger partial charge in [0.1, 0.15) is 6.33 Å². The van der Waals surface area contributed by atoms with Crippen molar-refractivity contribution in [3.8, 4) is 5.69 Å². The van der Waals surface area contributed by atoms with Crippen LogP contribution in [-0.2, 0) is 11.3 Å². The van der Waals surface area contributed by atoms with Gasteiger partial charge in [0.05, 0.1) is 12.1 Å². The minimum atomic E-state index is -0.109. The predicted octanol–water partition coefficient (Wildman–Crippen LogP) is 2.12. The van der Waals surface area contributed by atoms with E-state index in [1.54, 1.807) is 13.4 Å². The summed E-state index contributed by atoms with van der Waals surface area (Å²) in [4.78, 5) is 4.26. The molecule has 0 bridgehead atoms. The Labute approximate surface area is 165 Å². The molecule has 0 radical (unpaired) electrons. The summed E-state index contributed by atoms with van der Waals surface area (Å²) in [6.45, 7) is 4.24. The monoisotopic (exact) mass is 456 g/mol. The molecule has 0 aliphatic carbocycles. The van der Waals surface area contributed by atoms with Crippen molar-refractivity contribution in [1.82, 2.24) is 25.4 Å². The number of aromatic nitrogens is 3. The molecule has 1 aliphatic heterocycles. The Morgan fingerprint density at radius 3 is 2.80 bits per heavy atom. The highest BCUT2D eigenvalue weighted by Crippen LogP contribution is 2.23. The maximum atomic E-state index is 5.79. The average Bonchev–Trinajstić information content (AvgIpc) is 3.25. The Hall–Kier alpha value is -1.68. The van der Waals surface area contributed by atoms with E-state index in [0.717, 1.165) is 43.5 Å². The molecule has 1 aromatic carbocycles. The van der Waals surface area contributed by atoms with E-state index in [1.807, 2.05) is 34.9 Å². The van der Waals surface area contributed by atoms with Crippen LogP contribution in [-0.4, -0.2) is 46.5 Å². The van der Waals surface area contributed by atoms with Gasteiger partial charge in [-0.05, 0) is 31.9 Å². The third-order valence-electron chi connectivity index (χ3n) is 4.22. The SMILES string of the molecule is CN=C(NCc1nncn1-c1ccccc1)NCC1(C)CCCO1.I. The van der Waals surface area contributed by atoms with Crippen molar-refractivity contribution in [3.63, 3.8) is 0 Å². The smallest absolute Gasteiger partial charge is 0.191 e. The van der Waals surface area contributed by atoms with Crippen LogP contribution in [0.1, 0.15) is 25.6 Å². The third-order valence-corrected chi connectivity index (χ3v) is 4.22. The largest absolute Gasteiger partial charge is 0.373 e. The summed E-state index contributed by atoms with van der Waals surface area (Å²) in [7, 11) is 1.76. The summed E-state index contributed by atoms with van der Waals surface area (Å²) in [5.74, 6) is 1.56. The second kappa shape index (κ2) is 9.14. The molecule has 2 N–H and O–H groups in total. The molecule has 1 aromatic heterocycles. The van der Waals surface area contributed by atoms with E-state index in [2.05, 4.69) is 32.7 Å². The van der Waals surface area contributed by atoms with Crippen molar-refractivity contribution < 1.29 is 4.74 Å². The molecule has 3 rings (SSSR count). The molecule has 2 heterocycles. The van der Waals surface area contributed by atoms with Crippen LogP contribution < -0.4 is 10.6 Å². The van der Waals surface area contributed by atoms with Crippen LogP contribution in [0.4, 0.5) is 0 Å². The lowest BCUT2D eigenvalue weighted by Gasteiger charge is -2.24. The van der Waals surface area contributed by atoms with Crippen molar-refractivity contribution in [2.75, 3.05) is 20.2 Å². The van der Waals surface area contributed by atoms with Crippen molar-refractivity contribution in [2.24, 2.45) is 4.99 Å². The maximum Gasteiger partial charge on any atom is 0.191 e. The molecule has 1 fully saturated rings. The summed E-state index contributed by atoms with van der Waals surface area (Å²) in [6.07, 6.45) is 3.90. The van der Waals surface area contributed by atoms with Crippen LogP contribution in [0.5, 0.6) is 0 Å². The molecular formula is C17H25IN6O. The summed E-state index contributed by atoms with van der Waals surface area (Å²) < 4.78 is 7.75. The van der Waals surface area contributed by atoms with E-state index in [4.69, 9.17) is 4.74 Å². The number of ether oxygens (including phenoxy) is 1. The fourth-order valence-corrected chi connectivity index (χ4v) is 2.81. The summed E-state index contributed by atoms with van der Waals surface area (Å²) in [6, 6.07) is 10.0. The molecular weight excluding hydrogens is 431 g/mol. The molecule has 1 atom stereocenters. The minimum absolute atomic E-state index is 0. The fraction of sp³-hybridized carbons (Fsp3) is 0.471. The van der Waals surface area contributed by atoms with E-state index in [0.29, 0.717) is 6.54 Å². The van der Waals surface area contributed by atoms with Gasteiger partial charge in [0, 0.05) is 25.9 Å². The molecule has 0 saturated carbocycles. The highest BCUT2D eigenvalue weighted by atomic mass is 127.